The molecule has 0 aliphatic rings. The predicted octanol–water partition coefficient (Wildman–Crippen LogP) is 2.58. The van der Waals surface area contributed by atoms with Gasteiger partial charge in [0.15, 0.2) is 11.6 Å². The summed E-state index contributed by atoms with van der Waals surface area (Å²) in [5.41, 5.74) is 6.32. The topological polar surface area (TPSA) is 46.2 Å². The normalized spacial score (nSPS) is 13.2. The fourth-order valence-corrected chi connectivity index (χ4v) is 1.47. The number of para-hydroxylation sites is 1. The molecule has 0 aliphatic carbocycles. The zero-order valence-corrected chi connectivity index (χ0v) is 8.50. The molecule has 1 aromatic carbocycles. The number of hydrogen-bond acceptors (Lipinski definition) is 2. The summed E-state index contributed by atoms with van der Waals surface area (Å²) >= 11 is 0. The van der Waals surface area contributed by atoms with E-state index in [2.05, 4.69) is 0 Å². The van der Waals surface area contributed by atoms with E-state index in [0.29, 0.717) is 11.5 Å². The van der Waals surface area contributed by atoms with Crippen LogP contribution in [0.5, 0.6) is 5.75 Å². The molecule has 14 heavy (non-hydrogen) atoms. The van der Waals surface area contributed by atoms with Crippen LogP contribution in [0.4, 0.5) is 4.39 Å². The second-order valence-corrected chi connectivity index (χ2v) is 3.91. The van der Waals surface area contributed by atoms with Crippen LogP contribution in [0.2, 0.25) is 0 Å². The fraction of sp³-hybridized carbons (Fsp3) is 0.455. The third-order valence-electron chi connectivity index (χ3n) is 2.14. The number of aromatic hydroxyl groups is 1. The van der Waals surface area contributed by atoms with Crippen molar-refractivity contribution in [3.8, 4) is 5.75 Å². The van der Waals surface area contributed by atoms with Crippen LogP contribution in [-0.2, 0) is 0 Å². The highest BCUT2D eigenvalue weighted by atomic mass is 19.1. The molecular formula is C11H16FNO. The number of nitrogens with two attached hydrogens (primary N) is 1. The van der Waals surface area contributed by atoms with Crippen molar-refractivity contribution in [2.75, 3.05) is 0 Å². The van der Waals surface area contributed by atoms with Crippen LogP contribution >= 0.6 is 0 Å². The van der Waals surface area contributed by atoms with Gasteiger partial charge in [-0.05, 0) is 18.4 Å². The minimum absolute atomic E-state index is 0.300. The van der Waals surface area contributed by atoms with E-state index in [9.17, 15) is 9.50 Å². The lowest BCUT2D eigenvalue weighted by molar-refractivity contribution is 0.411. The van der Waals surface area contributed by atoms with E-state index < -0.39 is 5.82 Å². The summed E-state index contributed by atoms with van der Waals surface area (Å²) in [6.45, 7) is 4.08. The maximum atomic E-state index is 13.0. The van der Waals surface area contributed by atoms with Crippen LogP contribution in [0.1, 0.15) is 31.9 Å². The Bertz CT molecular complexity index is 312. The van der Waals surface area contributed by atoms with Crippen LogP contribution in [-0.4, -0.2) is 5.11 Å². The standard InChI is InChI=1S/C11H16FNO/c1-7(2)6-10(13)8-4-3-5-9(12)11(8)14/h3-5,7,10,14H,6,13H2,1-2H3/t10-/m1/s1. The lowest BCUT2D eigenvalue weighted by Crippen LogP contribution is -2.13. The van der Waals surface area contributed by atoms with E-state index in [1.165, 1.54) is 6.07 Å². The molecule has 0 aliphatic heterocycles. The molecule has 1 rings (SSSR count). The van der Waals surface area contributed by atoms with Crippen LogP contribution in [0.3, 0.4) is 0 Å². The van der Waals surface area contributed by atoms with Crippen molar-refractivity contribution in [1.29, 1.82) is 0 Å². The van der Waals surface area contributed by atoms with Crippen molar-refractivity contribution < 1.29 is 9.50 Å². The van der Waals surface area contributed by atoms with Gasteiger partial charge in [0.1, 0.15) is 0 Å². The molecule has 1 atom stereocenters. The summed E-state index contributed by atoms with van der Waals surface area (Å²) in [5.74, 6) is -0.505. The van der Waals surface area contributed by atoms with Crippen molar-refractivity contribution >= 4 is 0 Å². The van der Waals surface area contributed by atoms with Gasteiger partial charge in [-0.1, -0.05) is 26.0 Å². The molecule has 0 unspecified atom stereocenters. The Morgan fingerprint density at radius 2 is 2.07 bits per heavy atom. The molecule has 78 valence electrons. The van der Waals surface area contributed by atoms with Crippen molar-refractivity contribution in [2.24, 2.45) is 11.7 Å². The lowest BCUT2D eigenvalue weighted by atomic mass is 9.97. The molecule has 0 aromatic heterocycles. The molecule has 0 heterocycles. The summed E-state index contributed by atoms with van der Waals surface area (Å²) in [6.07, 6.45) is 0.733. The first-order valence-electron chi connectivity index (χ1n) is 4.75. The summed E-state index contributed by atoms with van der Waals surface area (Å²) in [7, 11) is 0. The molecule has 0 fully saturated rings. The van der Waals surface area contributed by atoms with Gasteiger partial charge >= 0.3 is 0 Å². The van der Waals surface area contributed by atoms with Crippen molar-refractivity contribution in [3.05, 3.63) is 29.6 Å². The first kappa shape index (κ1) is 11.0. The highest BCUT2D eigenvalue weighted by Gasteiger charge is 2.14. The number of phenolic OH excluding ortho intramolecular Hbond substituents is 1. The fourth-order valence-electron chi connectivity index (χ4n) is 1.47. The summed E-state index contributed by atoms with van der Waals surface area (Å²) in [5, 5.41) is 9.43. The summed E-state index contributed by atoms with van der Waals surface area (Å²) in [4.78, 5) is 0. The molecule has 0 spiro atoms. The Labute approximate surface area is 83.6 Å². The number of rotatable bonds is 3. The summed E-state index contributed by atoms with van der Waals surface area (Å²) in [6, 6.07) is 4.14. The van der Waals surface area contributed by atoms with Gasteiger partial charge in [0.05, 0.1) is 0 Å². The second kappa shape index (κ2) is 4.42. The molecule has 3 N–H and O–H groups in total. The van der Waals surface area contributed by atoms with E-state index in [0.717, 1.165) is 6.42 Å². The summed E-state index contributed by atoms with van der Waals surface area (Å²) < 4.78 is 13.0. The Balaban J connectivity index is 2.89. The maximum Gasteiger partial charge on any atom is 0.165 e. The van der Waals surface area contributed by atoms with E-state index >= 15 is 0 Å². The van der Waals surface area contributed by atoms with Gasteiger partial charge in [-0.25, -0.2) is 4.39 Å². The van der Waals surface area contributed by atoms with E-state index in [1.54, 1.807) is 12.1 Å². The van der Waals surface area contributed by atoms with E-state index in [1.807, 2.05) is 13.8 Å². The molecule has 0 saturated carbocycles. The maximum absolute atomic E-state index is 13.0. The van der Waals surface area contributed by atoms with Gasteiger partial charge < -0.3 is 10.8 Å². The average molecular weight is 197 g/mol. The van der Waals surface area contributed by atoms with Crippen molar-refractivity contribution in [3.63, 3.8) is 0 Å². The first-order chi connectivity index (χ1) is 6.52. The minimum Gasteiger partial charge on any atom is -0.505 e. The van der Waals surface area contributed by atoms with Gasteiger partial charge in [-0.3, -0.25) is 0 Å². The number of phenols is 1. The molecule has 1 aromatic rings. The number of halogens is 1. The Hall–Kier alpha value is -1.09. The van der Waals surface area contributed by atoms with Crippen LogP contribution in [0.15, 0.2) is 18.2 Å². The second-order valence-electron chi connectivity index (χ2n) is 3.91. The van der Waals surface area contributed by atoms with Crippen molar-refractivity contribution in [1.82, 2.24) is 0 Å². The Kier molecular flexibility index (Phi) is 3.47. The molecule has 3 heteroatoms. The number of benzene rings is 1. The Morgan fingerprint density at radius 1 is 1.43 bits per heavy atom. The minimum atomic E-state index is -0.610. The van der Waals surface area contributed by atoms with Gasteiger partial charge in [-0.15, -0.1) is 0 Å². The molecule has 0 bridgehead atoms. The number of hydrogen-bond donors (Lipinski definition) is 2. The van der Waals surface area contributed by atoms with Gasteiger partial charge in [0.2, 0.25) is 0 Å². The quantitative estimate of drug-likeness (QED) is 0.782. The average Bonchev–Trinajstić information content (AvgIpc) is 2.08. The van der Waals surface area contributed by atoms with E-state index in [-0.39, 0.29) is 11.8 Å². The predicted molar refractivity (Wildman–Crippen MR) is 54.4 cm³/mol. The largest absolute Gasteiger partial charge is 0.505 e. The van der Waals surface area contributed by atoms with E-state index in [4.69, 9.17) is 5.73 Å². The van der Waals surface area contributed by atoms with Gasteiger partial charge in [-0.2, -0.15) is 0 Å². The van der Waals surface area contributed by atoms with Crippen LogP contribution in [0.25, 0.3) is 0 Å². The smallest absolute Gasteiger partial charge is 0.165 e. The monoisotopic (exact) mass is 197 g/mol. The Morgan fingerprint density at radius 3 is 2.64 bits per heavy atom. The zero-order chi connectivity index (χ0) is 10.7. The van der Waals surface area contributed by atoms with Gasteiger partial charge in [0, 0.05) is 11.6 Å². The van der Waals surface area contributed by atoms with Crippen LogP contribution < -0.4 is 5.73 Å². The molecular weight excluding hydrogens is 181 g/mol. The molecule has 0 radical (unpaired) electrons. The third kappa shape index (κ3) is 2.45. The molecule has 2 nitrogen and oxygen atoms in total. The zero-order valence-electron chi connectivity index (χ0n) is 8.50. The highest BCUT2D eigenvalue weighted by Crippen LogP contribution is 2.28. The molecule has 0 amide bonds. The SMILES string of the molecule is CC(C)C[C@@H](N)c1cccc(F)c1O. The molecule has 0 saturated heterocycles. The lowest BCUT2D eigenvalue weighted by Gasteiger charge is -2.15. The third-order valence-corrected chi connectivity index (χ3v) is 2.14. The highest BCUT2D eigenvalue weighted by molar-refractivity contribution is 5.35. The van der Waals surface area contributed by atoms with Gasteiger partial charge in [0.25, 0.3) is 0 Å². The van der Waals surface area contributed by atoms with Crippen molar-refractivity contribution in [2.45, 2.75) is 26.3 Å². The first-order valence-corrected chi connectivity index (χ1v) is 4.75. The van der Waals surface area contributed by atoms with Crippen LogP contribution in [0, 0.1) is 11.7 Å².